The van der Waals surface area contributed by atoms with E-state index in [1.807, 2.05) is 23.1 Å². The van der Waals surface area contributed by atoms with Crippen molar-refractivity contribution in [3.63, 3.8) is 0 Å². The Morgan fingerprint density at radius 3 is 3.00 bits per heavy atom. The quantitative estimate of drug-likeness (QED) is 0.833. The van der Waals surface area contributed by atoms with Crippen molar-refractivity contribution < 1.29 is 14.3 Å². The van der Waals surface area contributed by atoms with Gasteiger partial charge in [-0.1, -0.05) is 6.07 Å². The van der Waals surface area contributed by atoms with Crippen LogP contribution in [-0.2, 0) is 0 Å². The normalized spacial score (nSPS) is 26.3. The van der Waals surface area contributed by atoms with Crippen LogP contribution >= 0.6 is 0 Å². The fourth-order valence-corrected chi connectivity index (χ4v) is 3.90. The van der Waals surface area contributed by atoms with Gasteiger partial charge in [0.2, 0.25) is 0 Å². The van der Waals surface area contributed by atoms with E-state index in [2.05, 4.69) is 10.6 Å². The van der Waals surface area contributed by atoms with Gasteiger partial charge in [-0.25, -0.2) is 4.79 Å². The van der Waals surface area contributed by atoms with E-state index in [0.29, 0.717) is 30.4 Å². The molecule has 2 fully saturated rings. The molecular formula is C17H23N3O3. The molecule has 2 N–H and O–H groups in total. The number of para-hydroxylation sites is 1. The standard InChI is InChI=1S/C17H23N3O3/c21-16(20-9-2-6-17(20)7-8-18-12-17)19-13-4-1-5-14-15(13)23-11-3-10-22-14/h1,4-5,18H,2-3,6-12H2,(H,19,21). The molecule has 1 aromatic rings. The van der Waals surface area contributed by atoms with Crippen LogP contribution in [0.5, 0.6) is 11.5 Å². The van der Waals surface area contributed by atoms with Gasteiger partial charge in [0, 0.05) is 19.5 Å². The first-order valence-corrected chi connectivity index (χ1v) is 8.46. The molecule has 2 saturated heterocycles. The van der Waals surface area contributed by atoms with Crippen molar-refractivity contribution >= 4 is 11.7 Å². The minimum atomic E-state index is -0.0348. The van der Waals surface area contributed by atoms with E-state index < -0.39 is 0 Å². The molecular weight excluding hydrogens is 294 g/mol. The van der Waals surface area contributed by atoms with Crippen LogP contribution in [0.2, 0.25) is 0 Å². The highest BCUT2D eigenvalue weighted by atomic mass is 16.5. The third-order valence-corrected chi connectivity index (χ3v) is 5.08. The number of hydrogen-bond acceptors (Lipinski definition) is 4. The van der Waals surface area contributed by atoms with Crippen LogP contribution in [0, 0.1) is 0 Å². The minimum absolute atomic E-state index is 0.00677. The Bertz CT molecular complexity index is 593. The molecule has 1 spiro atoms. The molecule has 3 aliphatic heterocycles. The lowest BCUT2D eigenvalue weighted by Crippen LogP contribution is -2.50. The highest BCUT2D eigenvalue weighted by molar-refractivity contribution is 5.92. The van der Waals surface area contributed by atoms with Crippen LogP contribution in [-0.4, -0.2) is 49.3 Å². The van der Waals surface area contributed by atoms with Gasteiger partial charge in [-0.3, -0.25) is 0 Å². The Balaban J connectivity index is 1.55. The van der Waals surface area contributed by atoms with E-state index in [1.165, 1.54) is 0 Å². The van der Waals surface area contributed by atoms with Gasteiger partial charge in [-0.2, -0.15) is 0 Å². The van der Waals surface area contributed by atoms with E-state index >= 15 is 0 Å². The smallest absolute Gasteiger partial charge is 0.322 e. The maximum absolute atomic E-state index is 12.8. The molecule has 1 aromatic carbocycles. The summed E-state index contributed by atoms with van der Waals surface area (Å²) in [7, 11) is 0. The Hall–Kier alpha value is -1.95. The summed E-state index contributed by atoms with van der Waals surface area (Å²) in [5, 5.41) is 6.44. The number of nitrogens with zero attached hydrogens (tertiary/aromatic N) is 1. The topological polar surface area (TPSA) is 62.8 Å². The van der Waals surface area contributed by atoms with Crippen molar-refractivity contribution in [3.05, 3.63) is 18.2 Å². The first kappa shape index (κ1) is 14.6. The third kappa shape index (κ3) is 2.61. The second kappa shape index (κ2) is 5.92. The zero-order valence-electron chi connectivity index (χ0n) is 13.3. The maximum atomic E-state index is 12.8. The summed E-state index contributed by atoms with van der Waals surface area (Å²) in [4.78, 5) is 14.8. The SMILES string of the molecule is O=C(Nc1cccc2c1OCCCO2)N1CCCC12CCNC2. The monoisotopic (exact) mass is 317 g/mol. The van der Waals surface area contributed by atoms with Crippen molar-refractivity contribution in [1.82, 2.24) is 10.2 Å². The van der Waals surface area contributed by atoms with Gasteiger partial charge in [0.15, 0.2) is 11.5 Å². The van der Waals surface area contributed by atoms with Gasteiger partial charge < -0.3 is 25.0 Å². The molecule has 124 valence electrons. The number of hydrogen-bond donors (Lipinski definition) is 2. The minimum Gasteiger partial charge on any atom is -0.489 e. The second-order valence-corrected chi connectivity index (χ2v) is 6.52. The molecule has 0 aliphatic carbocycles. The largest absolute Gasteiger partial charge is 0.489 e. The number of amides is 2. The summed E-state index contributed by atoms with van der Waals surface area (Å²) in [5.74, 6) is 1.36. The molecule has 4 rings (SSSR count). The van der Waals surface area contributed by atoms with Crippen molar-refractivity contribution in [1.29, 1.82) is 0 Å². The molecule has 6 nitrogen and oxygen atoms in total. The summed E-state index contributed by atoms with van der Waals surface area (Å²) in [6.45, 7) is 3.96. The number of fused-ring (bicyclic) bond motifs is 1. The van der Waals surface area contributed by atoms with Crippen molar-refractivity contribution in [2.45, 2.75) is 31.2 Å². The highest BCUT2D eigenvalue weighted by Gasteiger charge is 2.45. The average Bonchev–Trinajstić information content (AvgIpc) is 3.12. The van der Waals surface area contributed by atoms with Gasteiger partial charge in [-0.05, 0) is 37.9 Å². The lowest BCUT2D eigenvalue weighted by molar-refractivity contribution is 0.168. The lowest BCUT2D eigenvalue weighted by atomic mass is 9.95. The Kier molecular flexibility index (Phi) is 3.77. The Morgan fingerprint density at radius 1 is 1.22 bits per heavy atom. The molecule has 0 radical (unpaired) electrons. The number of rotatable bonds is 1. The molecule has 2 amide bonds. The molecule has 0 aromatic heterocycles. The van der Waals surface area contributed by atoms with Crippen molar-refractivity contribution in [2.24, 2.45) is 0 Å². The molecule has 0 saturated carbocycles. The lowest BCUT2D eigenvalue weighted by Gasteiger charge is -2.34. The number of carbonyl (C=O) groups excluding carboxylic acids is 1. The van der Waals surface area contributed by atoms with Gasteiger partial charge >= 0.3 is 6.03 Å². The van der Waals surface area contributed by atoms with Crippen LogP contribution in [0.15, 0.2) is 18.2 Å². The van der Waals surface area contributed by atoms with Gasteiger partial charge in [0.25, 0.3) is 0 Å². The van der Waals surface area contributed by atoms with Gasteiger partial charge in [0.05, 0.1) is 24.4 Å². The fraction of sp³-hybridized carbons (Fsp3) is 0.588. The van der Waals surface area contributed by atoms with E-state index in [1.54, 1.807) is 0 Å². The number of carbonyl (C=O) groups is 1. The Labute approximate surface area is 136 Å². The Morgan fingerprint density at radius 2 is 2.13 bits per heavy atom. The summed E-state index contributed by atoms with van der Waals surface area (Å²) in [5.41, 5.74) is 0.690. The number of anilines is 1. The summed E-state index contributed by atoms with van der Waals surface area (Å²) in [6.07, 6.45) is 4.04. The zero-order chi connectivity index (χ0) is 15.7. The first-order chi connectivity index (χ1) is 11.3. The van der Waals surface area contributed by atoms with Crippen molar-refractivity contribution in [2.75, 3.05) is 38.2 Å². The van der Waals surface area contributed by atoms with E-state index in [-0.39, 0.29) is 11.6 Å². The number of ether oxygens (including phenoxy) is 2. The molecule has 1 atom stereocenters. The van der Waals surface area contributed by atoms with Gasteiger partial charge in [0.1, 0.15) is 0 Å². The molecule has 3 aliphatic rings. The highest BCUT2D eigenvalue weighted by Crippen LogP contribution is 2.39. The summed E-state index contributed by atoms with van der Waals surface area (Å²) < 4.78 is 11.5. The predicted octanol–water partition coefficient (Wildman–Crippen LogP) is 2.21. The van der Waals surface area contributed by atoms with Crippen LogP contribution < -0.4 is 20.1 Å². The van der Waals surface area contributed by atoms with Crippen molar-refractivity contribution in [3.8, 4) is 11.5 Å². The van der Waals surface area contributed by atoms with Crippen LogP contribution in [0.3, 0.4) is 0 Å². The molecule has 23 heavy (non-hydrogen) atoms. The predicted molar refractivity (Wildman–Crippen MR) is 87.2 cm³/mol. The van der Waals surface area contributed by atoms with E-state index in [4.69, 9.17) is 9.47 Å². The fourth-order valence-electron chi connectivity index (χ4n) is 3.90. The second-order valence-electron chi connectivity index (χ2n) is 6.52. The first-order valence-electron chi connectivity index (χ1n) is 8.46. The van der Waals surface area contributed by atoms with E-state index in [9.17, 15) is 4.79 Å². The molecule has 3 heterocycles. The third-order valence-electron chi connectivity index (χ3n) is 5.08. The summed E-state index contributed by atoms with van der Waals surface area (Å²) >= 11 is 0. The number of nitrogens with one attached hydrogen (secondary N) is 2. The molecule has 6 heteroatoms. The van der Waals surface area contributed by atoms with Crippen LogP contribution in [0.1, 0.15) is 25.7 Å². The van der Waals surface area contributed by atoms with Crippen LogP contribution in [0.25, 0.3) is 0 Å². The molecule has 1 unspecified atom stereocenters. The van der Waals surface area contributed by atoms with Gasteiger partial charge in [-0.15, -0.1) is 0 Å². The number of benzene rings is 1. The maximum Gasteiger partial charge on any atom is 0.322 e. The zero-order valence-corrected chi connectivity index (χ0v) is 13.3. The average molecular weight is 317 g/mol. The summed E-state index contributed by atoms with van der Waals surface area (Å²) in [6, 6.07) is 5.61. The number of urea groups is 1. The van der Waals surface area contributed by atoms with Crippen LogP contribution in [0.4, 0.5) is 10.5 Å². The number of likely N-dealkylation sites (tertiary alicyclic amines) is 1. The van der Waals surface area contributed by atoms with E-state index in [0.717, 1.165) is 45.3 Å². The molecule has 0 bridgehead atoms.